The maximum Gasteiger partial charge on any atom is -0.0131 e. The van der Waals surface area contributed by atoms with Crippen LogP contribution in [0.15, 0.2) is 0 Å². The van der Waals surface area contributed by atoms with Gasteiger partial charge in [0.15, 0.2) is 0 Å². The summed E-state index contributed by atoms with van der Waals surface area (Å²) in [7, 11) is 0. The molecule has 0 aliphatic heterocycles. The molecule has 0 saturated carbocycles. The average Bonchev–Trinajstić information content (AvgIpc) is 1.91. The number of unbranched alkanes of at least 4 members (excludes halogenated alkanes) is 1. The zero-order valence-corrected chi connectivity index (χ0v) is 7.21. The summed E-state index contributed by atoms with van der Waals surface area (Å²) in [5.41, 5.74) is 0. The van der Waals surface area contributed by atoms with Gasteiger partial charge in [-0.05, 0) is 24.1 Å². The summed E-state index contributed by atoms with van der Waals surface area (Å²) >= 11 is 4.86. The summed E-state index contributed by atoms with van der Waals surface area (Å²) in [6, 6.07) is 0. The molecule has 0 radical (unpaired) electrons. The third-order valence-corrected chi connectivity index (χ3v) is 2.03. The lowest BCUT2D eigenvalue weighted by Gasteiger charge is -2.05. The maximum absolute atomic E-state index is 4.86. The number of hydrogen-bond acceptors (Lipinski definition) is 1. The van der Waals surface area contributed by atoms with Crippen LogP contribution in [0.4, 0.5) is 0 Å². The van der Waals surface area contributed by atoms with Crippen LogP contribution < -0.4 is 0 Å². The van der Waals surface area contributed by atoms with E-state index < -0.39 is 0 Å². The second-order valence-corrected chi connectivity index (χ2v) is 2.72. The first-order valence-electron chi connectivity index (χ1n) is 3.80. The molecule has 0 aromatic carbocycles. The molecule has 1 atom stereocenters. The van der Waals surface area contributed by atoms with Crippen molar-refractivity contribution in [2.75, 3.05) is 0 Å². The van der Waals surface area contributed by atoms with Gasteiger partial charge in [-0.15, -0.1) is 0 Å². The average molecular weight is 144 g/mol. The quantitative estimate of drug-likeness (QED) is 0.534. The molecule has 0 aliphatic rings. The molecule has 0 rings (SSSR count). The van der Waals surface area contributed by atoms with Gasteiger partial charge in [-0.2, -0.15) is 0 Å². The lowest BCUT2D eigenvalue weighted by atomic mass is 10.0. The first-order chi connectivity index (χ1) is 4.35. The second kappa shape index (κ2) is 6.21. The largest absolute Gasteiger partial charge is 0.0932 e. The van der Waals surface area contributed by atoms with E-state index >= 15 is 0 Å². The van der Waals surface area contributed by atoms with E-state index in [9.17, 15) is 0 Å². The zero-order chi connectivity index (χ0) is 7.11. The molecule has 1 unspecified atom stereocenters. The SMILES string of the molecule is CCCCC(C=S)CC. The monoisotopic (exact) mass is 144 g/mol. The first kappa shape index (κ1) is 9.09. The van der Waals surface area contributed by atoms with E-state index in [4.69, 9.17) is 12.2 Å². The molecule has 0 spiro atoms. The Morgan fingerprint density at radius 2 is 2.11 bits per heavy atom. The van der Waals surface area contributed by atoms with E-state index in [1.165, 1.54) is 25.7 Å². The van der Waals surface area contributed by atoms with Crippen molar-refractivity contribution < 1.29 is 0 Å². The normalized spacial score (nSPS) is 13.1. The minimum Gasteiger partial charge on any atom is -0.0932 e. The second-order valence-electron chi connectivity index (χ2n) is 2.45. The Morgan fingerprint density at radius 1 is 1.44 bits per heavy atom. The Morgan fingerprint density at radius 3 is 2.44 bits per heavy atom. The summed E-state index contributed by atoms with van der Waals surface area (Å²) in [5, 5.41) is 1.91. The van der Waals surface area contributed by atoms with Gasteiger partial charge in [0.2, 0.25) is 0 Å². The maximum atomic E-state index is 4.86. The van der Waals surface area contributed by atoms with Crippen LogP contribution in [0.2, 0.25) is 0 Å². The van der Waals surface area contributed by atoms with Gasteiger partial charge in [-0.1, -0.05) is 38.9 Å². The smallest absolute Gasteiger partial charge is 0.0131 e. The first-order valence-corrected chi connectivity index (χ1v) is 4.27. The van der Waals surface area contributed by atoms with E-state index in [2.05, 4.69) is 13.8 Å². The molecule has 0 fully saturated rings. The number of rotatable bonds is 5. The molecule has 0 nitrogen and oxygen atoms in total. The standard InChI is InChI=1S/C8H16S/c1-3-5-6-8(4-2)7-9/h7-8H,3-6H2,1-2H3. The van der Waals surface area contributed by atoms with E-state index in [0.717, 1.165) is 0 Å². The molecule has 0 heterocycles. The third-order valence-electron chi connectivity index (χ3n) is 1.65. The van der Waals surface area contributed by atoms with Crippen molar-refractivity contribution in [2.45, 2.75) is 39.5 Å². The topological polar surface area (TPSA) is 0 Å². The highest BCUT2D eigenvalue weighted by molar-refractivity contribution is 7.79. The van der Waals surface area contributed by atoms with Crippen molar-refractivity contribution in [3.05, 3.63) is 0 Å². The Kier molecular flexibility index (Phi) is 6.28. The molecule has 0 amide bonds. The molecule has 54 valence electrons. The van der Waals surface area contributed by atoms with Crippen LogP contribution in [-0.2, 0) is 0 Å². The minimum absolute atomic E-state index is 0.694. The zero-order valence-electron chi connectivity index (χ0n) is 6.39. The molecule has 1 heteroatoms. The van der Waals surface area contributed by atoms with Gasteiger partial charge >= 0.3 is 0 Å². The van der Waals surface area contributed by atoms with Gasteiger partial charge < -0.3 is 0 Å². The van der Waals surface area contributed by atoms with E-state index in [1.807, 2.05) is 5.37 Å². The molecule has 0 N–H and O–H groups in total. The summed E-state index contributed by atoms with van der Waals surface area (Å²) in [4.78, 5) is 0. The van der Waals surface area contributed by atoms with Crippen LogP contribution in [0, 0.1) is 5.92 Å². The molecule has 0 aromatic rings. The fourth-order valence-corrected chi connectivity index (χ4v) is 1.16. The highest BCUT2D eigenvalue weighted by Gasteiger charge is 1.98. The molecule has 0 saturated heterocycles. The van der Waals surface area contributed by atoms with E-state index in [-0.39, 0.29) is 0 Å². The van der Waals surface area contributed by atoms with Crippen LogP contribution >= 0.6 is 12.2 Å². The fraction of sp³-hybridized carbons (Fsp3) is 0.875. The van der Waals surface area contributed by atoms with Crippen molar-refractivity contribution in [3.63, 3.8) is 0 Å². The van der Waals surface area contributed by atoms with Crippen LogP contribution in [0.3, 0.4) is 0 Å². The van der Waals surface area contributed by atoms with Crippen molar-refractivity contribution >= 4 is 17.6 Å². The molecule has 0 aliphatic carbocycles. The van der Waals surface area contributed by atoms with Gasteiger partial charge in [-0.3, -0.25) is 0 Å². The van der Waals surface area contributed by atoms with Crippen LogP contribution in [0.1, 0.15) is 39.5 Å². The van der Waals surface area contributed by atoms with Gasteiger partial charge in [0, 0.05) is 0 Å². The van der Waals surface area contributed by atoms with Gasteiger partial charge in [0.25, 0.3) is 0 Å². The van der Waals surface area contributed by atoms with E-state index in [0.29, 0.717) is 5.92 Å². The summed E-state index contributed by atoms with van der Waals surface area (Å²) in [6.07, 6.45) is 5.12. The van der Waals surface area contributed by atoms with Gasteiger partial charge in [0.1, 0.15) is 0 Å². The number of thiocarbonyl (C=S) groups is 1. The third kappa shape index (κ3) is 4.58. The van der Waals surface area contributed by atoms with Crippen LogP contribution in [0.5, 0.6) is 0 Å². The molecule has 0 aromatic heterocycles. The van der Waals surface area contributed by atoms with Crippen molar-refractivity contribution in [2.24, 2.45) is 5.92 Å². The van der Waals surface area contributed by atoms with Crippen molar-refractivity contribution in [1.29, 1.82) is 0 Å². The Labute approximate surface area is 63.7 Å². The molecular weight excluding hydrogens is 128 g/mol. The van der Waals surface area contributed by atoms with Crippen LogP contribution in [-0.4, -0.2) is 5.37 Å². The lowest BCUT2D eigenvalue weighted by molar-refractivity contribution is 0.581. The fourth-order valence-electron chi connectivity index (χ4n) is 0.835. The lowest BCUT2D eigenvalue weighted by Crippen LogP contribution is -1.97. The van der Waals surface area contributed by atoms with E-state index in [1.54, 1.807) is 0 Å². The molecule has 0 bridgehead atoms. The summed E-state index contributed by atoms with van der Waals surface area (Å²) in [6.45, 7) is 4.42. The molecule has 9 heavy (non-hydrogen) atoms. The van der Waals surface area contributed by atoms with Crippen molar-refractivity contribution in [3.8, 4) is 0 Å². The highest BCUT2D eigenvalue weighted by atomic mass is 32.1. The Bertz CT molecular complexity index is 69.0. The predicted molar refractivity (Wildman–Crippen MR) is 47.0 cm³/mol. The summed E-state index contributed by atoms with van der Waals surface area (Å²) < 4.78 is 0. The summed E-state index contributed by atoms with van der Waals surface area (Å²) in [5.74, 6) is 0.694. The van der Waals surface area contributed by atoms with Crippen molar-refractivity contribution in [1.82, 2.24) is 0 Å². The number of hydrogen-bond donors (Lipinski definition) is 0. The minimum atomic E-state index is 0.694. The molecular formula is C8H16S. The van der Waals surface area contributed by atoms with Gasteiger partial charge in [-0.25, -0.2) is 0 Å². The van der Waals surface area contributed by atoms with Crippen LogP contribution in [0.25, 0.3) is 0 Å². The highest BCUT2D eigenvalue weighted by Crippen LogP contribution is 2.09. The Hall–Kier alpha value is 0.0900. The Balaban J connectivity index is 3.20. The predicted octanol–water partition coefficient (Wildman–Crippen LogP) is 3.20. The van der Waals surface area contributed by atoms with Gasteiger partial charge in [0.05, 0.1) is 0 Å².